The van der Waals surface area contributed by atoms with Gasteiger partial charge < -0.3 is 4.74 Å². The van der Waals surface area contributed by atoms with E-state index in [1.165, 1.54) is 18.4 Å². The van der Waals surface area contributed by atoms with Crippen LogP contribution in [-0.2, 0) is 16.3 Å². The Morgan fingerprint density at radius 3 is 2.67 bits per heavy atom. The van der Waals surface area contributed by atoms with Crippen LogP contribution in [0.1, 0.15) is 5.56 Å². The molecular weight excluding hydrogens is 366 g/mol. The summed E-state index contributed by atoms with van der Waals surface area (Å²) in [5, 5.41) is 0. The first-order valence-corrected chi connectivity index (χ1v) is 8.49. The molecule has 0 aliphatic heterocycles. The number of rotatable bonds is 4. The highest BCUT2D eigenvalue weighted by molar-refractivity contribution is 9.10. The van der Waals surface area contributed by atoms with Crippen molar-refractivity contribution in [3.63, 3.8) is 0 Å². The summed E-state index contributed by atoms with van der Waals surface area (Å²) in [5.41, 5.74) is 0.392. The van der Waals surface area contributed by atoms with Gasteiger partial charge in [-0.05, 0) is 39.7 Å². The van der Waals surface area contributed by atoms with E-state index in [0.717, 1.165) is 18.3 Å². The number of hydrogen-bond acceptors (Lipinski definition) is 4. The number of nitrogens with zero attached hydrogens (tertiary/aromatic N) is 1. The first-order valence-electron chi connectivity index (χ1n) is 5.73. The second kappa shape index (κ2) is 6.07. The minimum atomic E-state index is -3.02. The second-order valence-electron chi connectivity index (χ2n) is 4.37. The van der Waals surface area contributed by atoms with Crippen LogP contribution in [-0.4, -0.2) is 15.4 Å². The molecule has 0 fully saturated rings. The van der Waals surface area contributed by atoms with Gasteiger partial charge in [-0.2, -0.15) is 0 Å². The average Bonchev–Trinajstić information content (AvgIpc) is 2.38. The predicted molar refractivity (Wildman–Crippen MR) is 77.7 cm³/mol. The van der Waals surface area contributed by atoms with Crippen LogP contribution in [0.4, 0.5) is 8.78 Å². The third kappa shape index (κ3) is 4.21. The topological polar surface area (TPSA) is 63.0 Å². The van der Waals surface area contributed by atoms with Gasteiger partial charge in [0.05, 0.1) is 20.8 Å². The van der Waals surface area contributed by atoms with Crippen molar-refractivity contribution < 1.29 is 17.7 Å². The Hall–Kier alpha value is -1.54. The normalized spacial score (nSPS) is 13.7. The molecule has 1 N–H and O–H groups in total. The Kier molecular flexibility index (Phi) is 4.58. The fourth-order valence-corrected chi connectivity index (χ4v) is 2.64. The Bertz CT molecular complexity index is 782. The van der Waals surface area contributed by atoms with Gasteiger partial charge in [0, 0.05) is 12.3 Å². The van der Waals surface area contributed by atoms with Gasteiger partial charge in [-0.25, -0.2) is 22.8 Å². The van der Waals surface area contributed by atoms with Crippen LogP contribution >= 0.6 is 15.9 Å². The fraction of sp³-hybridized carbons (Fsp3) is 0.154. The summed E-state index contributed by atoms with van der Waals surface area (Å²) in [5.74, 6) is -0.996. The van der Waals surface area contributed by atoms with Gasteiger partial charge in [0.1, 0.15) is 22.8 Å². The highest BCUT2D eigenvalue weighted by Crippen LogP contribution is 2.24. The van der Waals surface area contributed by atoms with E-state index in [9.17, 15) is 13.0 Å². The van der Waals surface area contributed by atoms with Gasteiger partial charge >= 0.3 is 0 Å². The number of benzene rings is 1. The molecule has 2 rings (SSSR count). The molecule has 1 unspecified atom stereocenters. The Morgan fingerprint density at radius 2 is 2.00 bits per heavy atom. The standard InChI is InChI=1S/C13H11BrF2N2O2S/c1-21(17,19)11-3-8(2-9(15)4-11)7-20-12-5-10(16)6-18-13(12)14/h2-6,17H,7H2,1H3. The summed E-state index contributed by atoms with van der Waals surface area (Å²) >= 11 is 3.11. The van der Waals surface area contributed by atoms with Gasteiger partial charge in [-0.3, -0.25) is 0 Å². The number of nitrogens with one attached hydrogen (secondary N) is 1. The van der Waals surface area contributed by atoms with E-state index in [1.807, 2.05) is 0 Å². The zero-order valence-electron chi connectivity index (χ0n) is 10.9. The lowest BCUT2D eigenvalue weighted by Crippen LogP contribution is -2.02. The third-order valence-electron chi connectivity index (χ3n) is 2.55. The van der Waals surface area contributed by atoms with E-state index in [1.54, 1.807) is 0 Å². The molecule has 1 atom stereocenters. The van der Waals surface area contributed by atoms with Crippen molar-refractivity contribution in [1.82, 2.24) is 4.98 Å². The van der Waals surface area contributed by atoms with Crippen molar-refractivity contribution in [2.24, 2.45) is 0 Å². The minimum Gasteiger partial charge on any atom is -0.486 e. The molecule has 0 spiro atoms. The van der Waals surface area contributed by atoms with Gasteiger partial charge in [0.25, 0.3) is 0 Å². The fourth-order valence-electron chi connectivity index (χ4n) is 1.60. The SMILES string of the molecule is CS(=N)(=O)c1cc(F)cc(COc2cc(F)cnc2Br)c1. The number of hydrogen-bond donors (Lipinski definition) is 1. The quantitative estimate of drug-likeness (QED) is 0.826. The molecule has 8 heteroatoms. The molecule has 0 radical (unpaired) electrons. The zero-order chi connectivity index (χ0) is 15.6. The maximum absolute atomic E-state index is 13.5. The largest absolute Gasteiger partial charge is 0.486 e. The summed E-state index contributed by atoms with van der Waals surface area (Å²) < 4.78 is 51.4. The highest BCUT2D eigenvalue weighted by atomic mass is 79.9. The van der Waals surface area contributed by atoms with E-state index < -0.39 is 21.4 Å². The molecular formula is C13H11BrF2N2O2S. The van der Waals surface area contributed by atoms with E-state index in [4.69, 9.17) is 9.52 Å². The molecule has 2 aromatic rings. The summed E-state index contributed by atoms with van der Waals surface area (Å²) in [7, 11) is -3.02. The van der Waals surface area contributed by atoms with E-state index >= 15 is 0 Å². The molecule has 0 aliphatic carbocycles. The monoisotopic (exact) mass is 376 g/mol. The van der Waals surface area contributed by atoms with E-state index in [0.29, 0.717) is 10.2 Å². The van der Waals surface area contributed by atoms with Gasteiger partial charge in [0.15, 0.2) is 5.75 Å². The summed E-state index contributed by atoms with van der Waals surface area (Å²) in [6.45, 7) is -0.0655. The van der Waals surface area contributed by atoms with Crippen molar-refractivity contribution in [2.45, 2.75) is 11.5 Å². The molecule has 0 amide bonds. The van der Waals surface area contributed by atoms with Crippen LogP contribution in [0.25, 0.3) is 0 Å². The van der Waals surface area contributed by atoms with Crippen LogP contribution in [0.15, 0.2) is 40.0 Å². The Morgan fingerprint density at radius 1 is 1.29 bits per heavy atom. The van der Waals surface area contributed by atoms with Crippen molar-refractivity contribution in [3.05, 3.63) is 52.3 Å². The number of ether oxygens (including phenoxy) is 1. The maximum atomic E-state index is 13.5. The molecule has 1 aromatic carbocycles. The van der Waals surface area contributed by atoms with Crippen molar-refractivity contribution in [3.8, 4) is 5.75 Å². The first kappa shape index (κ1) is 15.8. The van der Waals surface area contributed by atoms with Crippen LogP contribution in [0, 0.1) is 16.4 Å². The molecule has 112 valence electrons. The molecule has 4 nitrogen and oxygen atoms in total. The molecule has 1 heterocycles. The average molecular weight is 377 g/mol. The van der Waals surface area contributed by atoms with E-state index in [-0.39, 0.29) is 17.3 Å². The maximum Gasteiger partial charge on any atom is 0.155 e. The molecule has 0 bridgehead atoms. The van der Waals surface area contributed by atoms with Crippen LogP contribution in [0.3, 0.4) is 0 Å². The van der Waals surface area contributed by atoms with Gasteiger partial charge in [0.2, 0.25) is 0 Å². The lowest BCUT2D eigenvalue weighted by atomic mass is 10.2. The summed E-state index contributed by atoms with van der Waals surface area (Å²) in [6, 6.07) is 4.83. The van der Waals surface area contributed by atoms with Crippen molar-refractivity contribution in [1.29, 1.82) is 4.78 Å². The van der Waals surface area contributed by atoms with Crippen LogP contribution < -0.4 is 4.74 Å². The predicted octanol–water partition coefficient (Wildman–Crippen LogP) is 3.74. The second-order valence-corrected chi connectivity index (χ2v) is 7.28. The summed E-state index contributed by atoms with van der Waals surface area (Å²) in [4.78, 5) is 3.81. The molecule has 0 saturated heterocycles. The van der Waals surface area contributed by atoms with E-state index in [2.05, 4.69) is 20.9 Å². The van der Waals surface area contributed by atoms with Gasteiger partial charge in [-0.1, -0.05) is 0 Å². The third-order valence-corrected chi connectivity index (χ3v) is 4.28. The van der Waals surface area contributed by atoms with Gasteiger partial charge in [-0.15, -0.1) is 0 Å². The molecule has 0 aliphatic rings. The molecule has 1 aromatic heterocycles. The Balaban J connectivity index is 2.24. The minimum absolute atomic E-state index is 0.0655. The smallest absolute Gasteiger partial charge is 0.155 e. The lowest BCUT2D eigenvalue weighted by molar-refractivity contribution is 0.300. The lowest BCUT2D eigenvalue weighted by Gasteiger charge is -2.09. The first-order chi connectivity index (χ1) is 9.75. The zero-order valence-corrected chi connectivity index (χ0v) is 13.3. The number of pyridine rings is 1. The highest BCUT2D eigenvalue weighted by Gasteiger charge is 2.10. The van der Waals surface area contributed by atoms with Crippen LogP contribution in [0.5, 0.6) is 5.75 Å². The number of aromatic nitrogens is 1. The molecule has 21 heavy (non-hydrogen) atoms. The Labute approximate surface area is 129 Å². The van der Waals surface area contributed by atoms with Crippen molar-refractivity contribution >= 4 is 25.7 Å². The van der Waals surface area contributed by atoms with Crippen molar-refractivity contribution in [2.75, 3.05) is 6.26 Å². The summed E-state index contributed by atoms with van der Waals surface area (Å²) in [6.07, 6.45) is 2.24. The number of halogens is 3. The van der Waals surface area contributed by atoms with Crippen LogP contribution in [0.2, 0.25) is 0 Å². The molecule has 0 saturated carbocycles.